The van der Waals surface area contributed by atoms with E-state index in [0.717, 1.165) is 38.2 Å². The van der Waals surface area contributed by atoms with E-state index in [1.165, 1.54) is 6.07 Å². The molecule has 2 fully saturated rings. The van der Waals surface area contributed by atoms with Gasteiger partial charge in [-0.1, -0.05) is 32.1 Å². The van der Waals surface area contributed by atoms with Crippen LogP contribution in [0.4, 0.5) is 14.6 Å². The summed E-state index contributed by atoms with van der Waals surface area (Å²) in [4.78, 5) is 31.4. The summed E-state index contributed by atoms with van der Waals surface area (Å²) in [7, 11) is 1.97. The topological polar surface area (TPSA) is 111 Å². The van der Waals surface area contributed by atoms with Gasteiger partial charge in [-0.15, -0.1) is 0 Å². The van der Waals surface area contributed by atoms with E-state index < -0.39 is 34.6 Å². The predicted octanol–water partition coefficient (Wildman–Crippen LogP) is 3.32. The van der Waals surface area contributed by atoms with Crippen molar-refractivity contribution in [3.63, 3.8) is 0 Å². The number of nitrogens with one attached hydrogen (secondary N) is 2. The van der Waals surface area contributed by atoms with Gasteiger partial charge >= 0.3 is 5.76 Å². The van der Waals surface area contributed by atoms with Gasteiger partial charge in [-0.05, 0) is 44.4 Å². The Balaban J connectivity index is 1.64. The minimum atomic E-state index is -1.29. The van der Waals surface area contributed by atoms with Crippen molar-refractivity contribution < 1.29 is 18.0 Å². The predicted molar refractivity (Wildman–Crippen MR) is 122 cm³/mol. The van der Waals surface area contributed by atoms with Crippen LogP contribution in [-0.4, -0.2) is 47.5 Å². The summed E-state index contributed by atoms with van der Waals surface area (Å²) in [5, 5.41) is 15.9. The molecule has 1 aromatic heterocycles. The number of rotatable bonds is 6. The summed E-state index contributed by atoms with van der Waals surface area (Å²) in [6.45, 7) is 1.37. The molecule has 1 saturated heterocycles. The molecule has 1 aliphatic heterocycles. The molecule has 0 spiro atoms. The third-order valence-electron chi connectivity index (χ3n) is 7.04. The van der Waals surface area contributed by atoms with Crippen LogP contribution in [0.1, 0.15) is 51.4 Å². The van der Waals surface area contributed by atoms with Crippen LogP contribution in [0.15, 0.2) is 21.3 Å². The van der Waals surface area contributed by atoms with E-state index in [-0.39, 0.29) is 23.0 Å². The molecule has 1 unspecified atom stereocenters. The summed E-state index contributed by atoms with van der Waals surface area (Å²) < 4.78 is 32.8. The molecule has 1 saturated carbocycles. The van der Waals surface area contributed by atoms with Gasteiger partial charge in [0.05, 0.1) is 11.5 Å². The van der Waals surface area contributed by atoms with Crippen molar-refractivity contribution in [2.24, 2.45) is 5.92 Å². The Kier molecular flexibility index (Phi) is 7.12. The van der Waals surface area contributed by atoms with E-state index in [1.54, 1.807) is 0 Å². The average molecular weight is 474 g/mol. The van der Waals surface area contributed by atoms with Crippen LogP contribution in [0.2, 0.25) is 0 Å². The van der Waals surface area contributed by atoms with E-state index in [1.807, 2.05) is 7.05 Å². The number of benzene rings is 1. The van der Waals surface area contributed by atoms with Gasteiger partial charge in [0.1, 0.15) is 17.4 Å². The van der Waals surface area contributed by atoms with Crippen molar-refractivity contribution in [3.8, 4) is 6.07 Å². The Labute approximate surface area is 196 Å². The summed E-state index contributed by atoms with van der Waals surface area (Å²) in [6, 6.07) is 3.66. The molecule has 34 heavy (non-hydrogen) atoms. The zero-order valence-electron chi connectivity index (χ0n) is 19.2. The second kappa shape index (κ2) is 10.1. The summed E-state index contributed by atoms with van der Waals surface area (Å²) in [6.07, 6.45) is 6.74. The number of nitrogens with zero attached hydrogens (tertiary/aromatic N) is 3. The summed E-state index contributed by atoms with van der Waals surface area (Å²) in [5.74, 6) is -3.67. The number of carbonyl (C=O) groups excluding carboxylic acids is 1. The second-order valence-corrected chi connectivity index (χ2v) is 9.49. The van der Waals surface area contributed by atoms with E-state index >= 15 is 0 Å². The molecule has 1 atom stereocenters. The number of halogens is 2. The van der Waals surface area contributed by atoms with Gasteiger partial charge in [0, 0.05) is 13.1 Å². The molecule has 0 bridgehead atoms. The molecule has 2 heterocycles. The highest BCUT2D eigenvalue weighted by Crippen LogP contribution is 2.30. The number of amides is 1. The highest BCUT2D eigenvalue weighted by molar-refractivity contribution is 5.91. The Hall–Kier alpha value is -3.06. The molecule has 1 aliphatic carbocycles. The SMILES string of the molecule is CN1CCC(C#N)(NC(=O)C(CC2CCCCC2)Nc2nc(=O)oc3c(F)c(F)ccc23)CC1. The highest BCUT2D eigenvalue weighted by atomic mass is 19.2. The minimum Gasteiger partial charge on any atom is -0.405 e. The Morgan fingerprint density at radius 2 is 2.00 bits per heavy atom. The maximum absolute atomic E-state index is 14.3. The number of hydrogen-bond acceptors (Lipinski definition) is 7. The first-order chi connectivity index (χ1) is 16.3. The maximum Gasteiger partial charge on any atom is 0.441 e. The number of hydrogen-bond donors (Lipinski definition) is 2. The standard InChI is InChI=1S/C24H29F2N5O3/c1-31-11-9-24(14-27,10-12-31)30-22(32)18(13-15-5-3-2-4-6-15)28-21-16-7-8-17(25)19(26)20(16)34-23(33)29-21/h7-8,15,18H,2-6,9-13H2,1H3,(H,30,32)(H,28,29,33). The first kappa shape index (κ1) is 24.1. The third-order valence-corrected chi connectivity index (χ3v) is 7.04. The van der Waals surface area contributed by atoms with Crippen LogP contribution in [0.25, 0.3) is 11.0 Å². The first-order valence-corrected chi connectivity index (χ1v) is 11.8. The molecule has 10 heteroatoms. The van der Waals surface area contributed by atoms with Crippen LogP contribution in [-0.2, 0) is 4.79 Å². The summed E-state index contributed by atoms with van der Waals surface area (Å²) >= 11 is 0. The lowest BCUT2D eigenvalue weighted by molar-refractivity contribution is -0.124. The largest absolute Gasteiger partial charge is 0.441 e. The Morgan fingerprint density at radius 3 is 2.68 bits per heavy atom. The van der Waals surface area contributed by atoms with Crippen molar-refractivity contribution in [1.82, 2.24) is 15.2 Å². The van der Waals surface area contributed by atoms with Gasteiger partial charge in [-0.2, -0.15) is 14.6 Å². The Morgan fingerprint density at radius 1 is 1.29 bits per heavy atom. The smallest absolute Gasteiger partial charge is 0.405 e. The molecule has 4 rings (SSSR count). The molecule has 1 amide bonds. The zero-order valence-corrected chi connectivity index (χ0v) is 19.2. The fourth-order valence-electron chi connectivity index (χ4n) is 4.93. The van der Waals surface area contributed by atoms with Gasteiger partial charge in [0.25, 0.3) is 0 Å². The molecule has 2 aromatic rings. The lowest BCUT2D eigenvalue weighted by Gasteiger charge is -2.37. The van der Waals surface area contributed by atoms with Gasteiger partial charge in [-0.25, -0.2) is 9.18 Å². The lowest BCUT2D eigenvalue weighted by atomic mass is 9.84. The zero-order chi connectivity index (χ0) is 24.3. The minimum absolute atomic E-state index is 0.0458. The van der Waals surface area contributed by atoms with E-state index in [0.29, 0.717) is 32.4 Å². The van der Waals surface area contributed by atoms with Crippen LogP contribution < -0.4 is 16.4 Å². The van der Waals surface area contributed by atoms with Crippen molar-refractivity contribution in [2.45, 2.75) is 62.9 Å². The molecule has 1 aromatic carbocycles. The first-order valence-electron chi connectivity index (χ1n) is 11.8. The van der Waals surface area contributed by atoms with Crippen molar-refractivity contribution >= 4 is 22.7 Å². The number of likely N-dealkylation sites (tertiary alicyclic amines) is 1. The number of nitriles is 1. The molecule has 8 nitrogen and oxygen atoms in total. The monoisotopic (exact) mass is 473 g/mol. The average Bonchev–Trinajstić information content (AvgIpc) is 2.83. The van der Waals surface area contributed by atoms with Crippen molar-refractivity contribution in [1.29, 1.82) is 5.26 Å². The molecule has 2 aliphatic rings. The second-order valence-electron chi connectivity index (χ2n) is 9.49. The van der Waals surface area contributed by atoms with E-state index in [4.69, 9.17) is 4.42 Å². The summed E-state index contributed by atoms with van der Waals surface area (Å²) in [5.41, 5.74) is -1.53. The van der Waals surface area contributed by atoms with Gasteiger partial charge in [0.2, 0.25) is 11.7 Å². The molecule has 0 radical (unpaired) electrons. The fraction of sp³-hybridized carbons (Fsp3) is 0.583. The number of fused-ring (bicyclic) bond motifs is 1. The number of carbonyl (C=O) groups is 1. The number of aromatic nitrogens is 1. The molecule has 182 valence electrons. The van der Waals surface area contributed by atoms with Gasteiger partial charge < -0.3 is 20.0 Å². The van der Waals surface area contributed by atoms with Crippen LogP contribution >= 0.6 is 0 Å². The van der Waals surface area contributed by atoms with Crippen molar-refractivity contribution in [3.05, 3.63) is 34.3 Å². The van der Waals surface area contributed by atoms with Crippen LogP contribution in [0.3, 0.4) is 0 Å². The van der Waals surface area contributed by atoms with E-state index in [2.05, 4.69) is 26.6 Å². The van der Waals surface area contributed by atoms with E-state index in [9.17, 15) is 23.6 Å². The molecular weight excluding hydrogens is 444 g/mol. The third kappa shape index (κ3) is 5.20. The van der Waals surface area contributed by atoms with Gasteiger partial charge in [-0.3, -0.25) is 4.79 Å². The van der Waals surface area contributed by atoms with Crippen LogP contribution in [0, 0.1) is 28.9 Å². The number of anilines is 1. The van der Waals surface area contributed by atoms with Crippen LogP contribution in [0.5, 0.6) is 0 Å². The number of piperidine rings is 1. The maximum atomic E-state index is 14.3. The quantitative estimate of drug-likeness (QED) is 0.662. The lowest BCUT2D eigenvalue weighted by Crippen LogP contribution is -2.57. The molecular formula is C24H29F2N5O3. The Bertz CT molecular complexity index is 1150. The van der Waals surface area contributed by atoms with Gasteiger partial charge in [0.15, 0.2) is 11.4 Å². The van der Waals surface area contributed by atoms with Crippen molar-refractivity contribution in [2.75, 3.05) is 25.5 Å². The fourth-order valence-corrected chi connectivity index (χ4v) is 4.93. The molecule has 2 N–H and O–H groups in total. The normalized spacial score (nSPS) is 19.9. The highest BCUT2D eigenvalue weighted by Gasteiger charge is 2.38.